The lowest BCUT2D eigenvalue weighted by molar-refractivity contribution is 0.0936. The largest absolute Gasteiger partial charge is 0.472 e. The average molecular weight is 412 g/mol. The highest BCUT2D eigenvalue weighted by atomic mass is 16.3. The van der Waals surface area contributed by atoms with Crippen LogP contribution in [0.15, 0.2) is 83.9 Å². The minimum atomic E-state index is -0.270. The zero-order valence-electron chi connectivity index (χ0n) is 16.6. The van der Waals surface area contributed by atoms with Crippen LogP contribution in [0.3, 0.4) is 0 Å². The molecule has 0 aliphatic heterocycles. The van der Waals surface area contributed by atoms with Crippen molar-refractivity contribution < 1.29 is 14.0 Å². The van der Waals surface area contributed by atoms with E-state index in [2.05, 4.69) is 27.9 Å². The number of benzene rings is 2. The van der Waals surface area contributed by atoms with Crippen molar-refractivity contribution in [3.8, 4) is 5.69 Å². The third-order valence-corrected chi connectivity index (χ3v) is 5.46. The molecule has 2 aromatic heterocycles. The fourth-order valence-corrected chi connectivity index (χ4v) is 3.84. The fraction of sp³-hybridized carbons (Fsp3) is 0.125. The summed E-state index contributed by atoms with van der Waals surface area (Å²) in [5.74, 6) is -0.365. The van der Waals surface area contributed by atoms with Gasteiger partial charge in [-0.2, -0.15) is 5.10 Å². The second kappa shape index (κ2) is 7.95. The molecule has 0 unspecified atom stereocenters. The maximum Gasteiger partial charge on any atom is 0.259 e. The van der Waals surface area contributed by atoms with Gasteiger partial charge in [0.15, 0.2) is 0 Å². The van der Waals surface area contributed by atoms with E-state index in [9.17, 15) is 9.59 Å². The molecule has 7 heteroatoms. The molecule has 2 heterocycles. The smallest absolute Gasteiger partial charge is 0.259 e. The Labute approximate surface area is 178 Å². The molecule has 2 N–H and O–H groups in total. The summed E-state index contributed by atoms with van der Waals surface area (Å²) in [7, 11) is 0. The molecule has 4 aromatic rings. The van der Waals surface area contributed by atoms with E-state index in [1.807, 2.05) is 24.3 Å². The molecule has 154 valence electrons. The van der Waals surface area contributed by atoms with E-state index < -0.39 is 0 Å². The zero-order chi connectivity index (χ0) is 21.2. The number of carbonyl (C=O) groups excluding carboxylic acids is 2. The molecule has 31 heavy (non-hydrogen) atoms. The van der Waals surface area contributed by atoms with Crippen LogP contribution in [-0.2, 0) is 6.42 Å². The van der Waals surface area contributed by atoms with E-state index in [1.54, 1.807) is 35.3 Å². The first-order valence-corrected chi connectivity index (χ1v) is 10.0. The van der Waals surface area contributed by atoms with Gasteiger partial charge in [-0.3, -0.25) is 9.59 Å². The first kappa shape index (κ1) is 18.9. The van der Waals surface area contributed by atoms with Gasteiger partial charge in [-0.25, -0.2) is 4.68 Å². The monoisotopic (exact) mass is 412 g/mol. The van der Waals surface area contributed by atoms with Gasteiger partial charge in [0.25, 0.3) is 11.8 Å². The molecule has 0 saturated carbocycles. The molecular formula is C24H20N4O3. The van der Waals surface area contributed by atoms with Crippen LogP contribution in [0.1, 0.15) is 44.3 Å². The van der Waals surface area contributed by atoms with Gasteiger partial charge in [-0.1, -0.05) is 24.3 Å². The number of aromatic nitrogens is 2. The zero-order valence-corrected chi connectivity index (χ0v) is 16.6. The lowest BCUT2D eigenvalue weighted by Crippen LogP contribution is -2.27. The molecule has 5 rings (SSSR count). The number of furan rings is 1. The number of anilines is 1. The second-order valence-electron chi connectivity index (χ2n) is 7.45. The Balaban J connectivity index is 1.25. The number of rotatable bonds is 5. The summed E-state index contributed by atoms with van der Waals surface area (Å²) in [4.78, 5) is 24.8. The normalized spacial score (nSPS) is 14.8. The third kappa shape index (κ3) is 3.85. The van der Waals surface area contributed by atoms with Crippen molar-refractivity contribution in [1.29, 1.82) is 0 Å². The minimum absolute atomic E-state index is 0.0517. The van der Waals surface area contributed by atoms with Gasteiger partial charge < -0.3 is 15.1 Å². The molecular weight excluding hydrogens is 392 g/mol. The Bertz CT molecular complexity index is 1230. The highest BCUT2D eigenvalue weighted by Gasteiger charge is 2.23. The fourth-order valence-electron chi connectivity index (χ4n) is 3.84. The number of amides is 2. The van der Waals surface area contributed by atoms with Crippen molar-refractivity contribution in [2.75, 3.05) is 5.32 Å². The summed E-state index contributed by atoms with van der Waals surface area (Å²) in [6.07, 6.45) is 8.01. The van der Waals surface area contributed by atoms with E-state index in [-0.39, 0.29) is 17.9 Å². The van der Waals surface area contributed by atoms with Crippen LogP contribution < -0.4 is 10.6 Å². The van der Waals surface area contributed by atoms with Crippen LogP contribution in [0.25, 0.3) is 5.69 Å². The predicted molar refractivity (Wildman–Crippen MR) is 115 cm³/mol. The summed E-state index contributed by atoms with van der Waals surface area (Å²) >= 11 is 0. The van der Waals surface area contributed by atoms with Gasteiger partial charge in [-0.15, -0.1) is 0 Å². The Morgan fingerprint density at radius 1 is 1.00 bits per heavy atom. The van der Waals surface area contributed by atoms with Crippen molar-refractivity contribution in [3.63, 3.8) is 0 Å². The number of carbonyl (C=O) groups is 2. The molecule has 1 atom stereocenters. The number of fused-ring (bicyclic) bond motifs is 1. The number of nitrogens with zero attached hydrogens (tertiary/aromatic N) is 2. The first-order valence-electron chi connectivity index (χ1n) is 10.0. The Morgan fingerprint density at radius 3 is 2.65 bits per heavy atom. The molecule has 0 saturated heterocycles. The molecule has 0 radical (unpaired) electrons. The van der Waals surface area contributed by atoms with Crippen molar-refractivity contribution in [3.05, 3.63) is 102 Å². The van der Waals surface area contributed by atoms with Gasteiger partial charge in [0, 0.05) is 5.56 Å². The van der Waals surface area contributed by atoms with Crippen LogP contribution in [0.5, 0.6) is 0 Å². The third-order valence-electron chi connectivity index (χ3n) is 5.46. The topological polar surface area (TPSA) is 89.2 Å². The van der Waals surface area contributed by atoms with Crippen molar-refractivity contribution in [1.82, 2.24) is 15.1 Å². The van der Waals surface area contributed by atoms with Crippen molar-refractivity contribution >= 4 is 17.5 Å². The molecule has 0 fully saturated rings. The van der Waals surface area contributed by atoms with Gasteiger partial charge in [-0.05, 0) is 54.3 Å². The second-order valence-corrected chi connectivity index (χ2v) is 7.45. The summed E-state index contributed by atoms with van der Waals surface area (Å²) in [6, 6.07) is 17.1. The molecule has 1 aliphatic carbocycles. The van der Waals surface area contributed by atoms with Crippen molar-refractivity contribution in [2.45, 2.75) is 18.9 Å². The van der Waals surface area contributed by atoms with E-state index in [0.29, 0.717) is 16.8 Å². The highest BCUT2D eigenvalue weighted by molar-refractivity contribution is 6.03. The number of hydrogen-bond donors (Lipinski definition) is 2. The maximum atomic E-state index is 12.7. The van der Waals surface area contributed by atoms with Gasteiger partial charge >= 0.3 is 0 Å². The van der Waals surface area contributed by atoms with Crippen LogP contribution in [0.2, 0.25) is 0 Å². The lowest BCUT2D eigenvalue weighted by Gasteiger charge is -2.14. The van der Waals surface area contributed by atoms with Crippen LogP contribution in [0.4, 0.5) is 5.69 Å². The first-order chi connectivity index (χ1) is 15.2. The van der Waals surface area contributed by atoms with Gasteiger partial charge in [0.05, 0.1) is 41.6 Å². The highest BCUT2D eigenvalue weighted by Crippen LogP contribution is 2.30. The summed E-state index contributed by atoms with van der Waals surface area (Å²) in [5, 5.41) is 10.2. The molecule has 7 nitrogen and oxygen atoms in total. The van der Waals surface area contributed by atoms with Gasteiger partial charge in [0.2, 0.25) is 0 Å². The predicted octanol–water partition coefficient (Wildman–Crippen LogP) is 4.13. The van der Waals surface area contributed by atoms with E-state index in [4.69, 9.17) is 4.42 Å². The lowest BCUT2D eigenvalue weighted by atomic mass is 10.1. The SMILES string of the molecule is O=C(Nc1cnn(-c2ccc(C(=O)N[C@@H]3CCc4ccccc43)cc2)c1)c1ccoc1. The number of aryl methyl sites for hydroxylation is 1. The van der Waals surface area contributed by atoms with E-state index in [1.165, 1.54) is 23.7 Å². The summed E-state index contributed by atoms with van der Waals surface area (Å²) in [6.45, 7) is 0. The van der Waals surface area contributed by atoms with E-state index >= 15 is 0 Å². The maximum absolute atomic E-state index is 12.7. The molecule has 2 aromatic carbocycles. The average Bonchev–Trinajstić information content (AvgIpc) is 3.56. The van der Waals surface area contributed by atoms with Gasteiger partial charge in [0.1, 0.15) is 6.26 Å². The Kier molecular flexibility index (Phi) is 4.84. The molecule has 2 amide bonds. The number of hydrogen-bond acceptors (Lipinski definition) is 4. The standard InChI is InChI=1S/C24H20N4O3/c29-23(27-22-10-7-16-3-1-2-4-21(16)22)17-5-8-20(9-6-17)28-14-19(13-25-28)26-24(30)18-11-12-31-15-18/h1-6,8-9,11-15,22H,7,10H2,(H,26,30)(H,27,29)/t22-/m1/s1. The molecule has 0 spiro atoms. The summed E-state index contributed by atoms with van der Waals surface area (Å²) in [5.41, 5.74) is 4.88. The Morgan fingerprint density at radius 2 is 1.84 bits per heavy atom. The molecule has 1 aliphatic rings. The van der Waals surface area contributed by atoms with Crippen LogP contribution >= 0.6 is 0 Å². The number of nitrogens with one attached hydrogen (secondary N) is 2. The summed E-state index contributed by atoms with van der Waals surface area (Å²) < 4.78 is 6.56. The van der Waals surface area contributed by atoms with Crippen molar-refractivity contribution in [2.24, 2.45) is 0 Å². The Hall–Kier alpha value is -4.13. The van der Waals surface area contributed by atoms with E-state index in [0.717, 1.165) is 18.5 Å². The molecule has 0 bridgehead atoms. The van der Waals surface area contributed by atoms with Crippen LogP contribution in [0, 0.1) is 0 Å². The quantitative estimate of drug-likeness (QED) is 0.516. The minimum Gasteiger partial charge on any atom is -0.472 e. The van der Waals surface area contributed by atoms with Crippen LogP contribution in [-0.4, -0.2) is 21.6 Å².